The Bertz CT molecular complexity index is 722. The molecular weight excluding hydrogens is 304 g/mol. The first kappa shape index (κ1) is 17.8. The van der Waals surface area contributed by atoms with E-state index >= 15 is 0 Å². The molecule has 0 atom stereocenters. The molecule has 0 heterocycles. The highest BCUT2D eigenvalue weighted by Gasteiger charge is 2.07. The van der Waals surface area contributed by atoms with Crippen LogP contribution in [-0.2, 0) is 0 Å². The molecule has 2 aromatic rings. The number of aromatic hydroxyl groups is 2. The summed E-state index contributed by atoms with van der Waals surface area (Å²) in [6.07, 6.45) is 0. The fourth-order valence-electron chi connectivity index (χ4n) is 1.60. The summed E-state index contributed by atoms with van der Waals surface area (Å²) in [6.45, 7) is 1.65. The van der Waals surface area contributed by atoms with E-state index in [2.05, 4.69) is 0 Å². The van der Waals surface area contributed by atoms with Gasteiger partial charge in [-0.2, -0.15) is 0 Å². The molecule has 0 fully saturated rings. The number of hydrogen-bond donors (Lipinski definition) is 4. The van der Waals surface area contributed by atoms with Crippen molar-refractivity contribution >= 4 is 11.9 Å². The maximum absolute atomic E-state index is 10.4. The minimum absolute atomic E-state index is 0.0671. The molecule has 0 aliphatic rings. The van der Waals surface area contributed by atoms with Gasteiger partial charge in [0.15, 0.2) is 11.5 Å². The molecule has 0 radical (unpaired) electrons. The average Bonchev–Trinajstić information content (AvgIpc) is 2.50. The van der Waals surface area contributed by atoms with Gasteiger partial charge in [0.25, 0.3) is 0 Å². The summed E-state index contributed by atoms with van der Waals surface area (Å²) in [6, 6.07) is 8.02. The summed E-state index contributed by atoms with van der Waals surface area (Å²) in [5.74, 6) is -1.81. The highest BCUT2D eigenvalue weighted by atomic mass is 16.5. The summed E-state index contributed by atoms with van der Waals surface area (Å²) in [4.78, 5) is 20.8. The van der Waals surface area contributed by atoms with Gasteiger partial charge >= 0.3 is 11.9 Å². The van der Waals surface area contributed by atoms with Crippen molar-refractivity contribution in [3.05, 3.63) is 53.1 Å². The molecule has 0 aliphatic carbocycles. The molecule has 4 N–H and O–H groups in total. The van der Waals surface area contributed by atoms with Gasteiger partial charge in [-0.1, -0.05) is 0 Å². The van der Waals surface area contributed by atoms with Crippen molar-refractivity contribution in [1.82, 2.24) is 0 Å². The van der Waals surface area contributed by atoms with Crippen LogP contribution in [0.2, 0.25) is 0 Å². The van der Waals surface area contributed by atoms with Crippen LogP contribution in [0, 0.1) is 6.92 Å². The van der Waals surface area contributed by atoms with Crippen molar-refractivity contribution in [2.45, 2.75) is 6.92 Å². The zero-order valence-electron chi connectivity index (χ0n) is 12.5. The van der Waals surface area contributed by atoms with Gasteiger partial charge in [-0.05, 0) is 48.9 Å². The minimum atomic E-state index is -1.05. The molecule has 7 nitrogen and oxygen atoms in total. The Morgan fingerprint density at radius 3 is 1.78 bits per heavy atom. The highest BCUT2D eigenvalue weighted by molar-refractivity contribution is 5.88. The zero-order valence-corrected chi connectivity index (χ0v) is 12.5. The third kappa shape index (κ3) is 4.92. The monoisotopic (exact) mass is 320 g/mol. The van der Waals surface area contributed by atoms with Crippen molar-refractivity contribution in [2.24, 2.45) is 0 Å². The number of phenols is 2. The van der Waals surface area contributed by atoms with Gasteiger partial charge in [0.1, 0.15) is 5.75 Å². The summed E-state index contributed by atoms with van der Waals surface area (Å²) < 4.78 is 4.72. The molecule has 0 amide bonds. The van der Waals surface area contributed by atoms with Gasteiger partial charge in [-0.15, -0.1) is 0 Å². The van der Waals surface area contributed by atoms with Crippen LogP contribution in [0.15, 0.2) is 36.4 Å². The van der Waals surface area contributed by atoms with E-state index in [9.17, 15) is 9.59 Å². The largest absolute Gasteiger partial charge is 0.508 e. The predicted octanol–water partition coefficient (Wildman–Crippen LogP) is 2.50. The second-order valence-electron chi connectivity index (χ2n) is 4.50. The van der Waals surface area contributed by atoms with E-state index < -0.39 is 11.9 Å². The SMILES string of the molecule is COc1cc(C(=O)O)ccc1O.Cc1cc(C(=O)O)ccc1O. The number of carboxylic acids is 2. The molecule has 2 rings (SSSR count). The van der Waals surface area contributed by atoms with Crippen molar-refractivity contribution in [2.75, 3.05) is 7.11 Å². The molecule has 2 aromatic carbocycles. The Labute approximate surface area is 132 Å². The summed E-state index contributed by atoms with van der Waals surface area (Å²) in [7, 11) is 1.36. The summed E-state index contributed by atoms with van der Waals surface area (Å²) in [5, 5.41) is 35.2. The lowest BCUT2D eigenvalue weighted by molar-refractivity contribution is 0.0686. The zero-order chi connectivity index (χ0) is 17.6. The van der Waals surface area contributed by atoms with E-state index in [-0.39, 0.29) is 28.4 Å². The van der Waals surface area contributed by atoms with Crippen LogP contribution >= 0.6 is 0 Å². The first-order valence-corrected chi connectivity index (χ1v) is 6.39. The molecule has 0 saturated heterocycles. The van der Waals surface area contributed by atoms with Crippen LogP contribution in [0.3, 0.4) is 0 Å². The number of aromatic carboxylic acids is 2. The van der Waals surface area contributed by atoms with E-state index in [0.29, 0.717) is 5.56 Å². The van der Waals surface area contributed by atoms with Crippen LogP contribution < -0.4 is 4.74 Å². The standard InChI is InChI=1S/C8H8O4.C8H8O3/c1-12-7-4-5(8(10)11)2-3-6(7)9;1-5-4-6(8(10)11)2-3-7(5)9/h2-4,9H,1H3,(H,10,11);2-4,9H,1H3,(H,10,11). The third-order valence-electron chi connectivity index (χ3n) is 2.87. The molecule has 0 spiro atoms. The topological polar surface area (TPSA) is 124 Å². The maximum Gasteiger partial charge on any atom is 0.335 e. The number of ether oxygens (including phenoxy) is 1. The van der Waals surface area contributed by atoms with E-state index in [1.165, 1.54) is 43.5 Å². The summed E-state index contributed by atoms with van der Waals surface area (Å²) in [5.41, 5.74) is 0.856. The number of methoxy groups -OCH3 is 1. The third-order valence-corrected chi connectivity index (χ3v) is 2.87. The van der Waals surface area contributed by atoms with Crippen LogP contribution in [-0.4, -0.2) is 39.5 Å². The van der Waals surface area contributed by atoms with Gasteiger partial charge in [-0.25, -0.2) is 9.59 Å². The second kappa shape index (κ2) is 7.69. The van der Waals surface area contributed by atoms with Crippen LogP contribution in [0.25, 0.3) is 0 Å². The molecule has 122 valence electrons. The van der Waals surface area contributed by atoms with Gasteiger partial charge in [-0.3, -0.25) is 0 Å². The molecule has 0 bridgehead atoms. The second-order valence-corrected chi connectivity index (χ2v) is 4.50. The van der Waals surface area contributed by atoms with Crippen LogP contribution in [0.4, 0.5) is 0 Å². The summed E-state index contributed by atoms with van der Waals surface area (Å²) >= 11 is 0. The lowest BCUT2D eigenvalue weighted by Gasteiger charge is -2.02. The van der Waals surface area contributed by atoms with E-state index in [4.69, 9.17) is 25.2 Å². The normalized spacial score (nSPS) is 9.48. The molecule has 0 saturated carbocycles. The number of aryl methyl sites for hydroxylation is 1. The Morgan fingerprint density at radius 1 is 0.870 bits per heavy atom. The van der Waals surface area contributed by atoms with Crippen molar-refractivity contribution in [3.63, 3.8) is 0 Å². The van der Waals surface area contributed by atoms with Crippen LogP contribution in [0.1, 0.15) is 26.3 Å². The van der Waals surface area contributed by atoms with Gasteiger partial charge in [0, 0.05) is 0 Å². The van der Waals surface area contributed by atoms with Crippen LogP contribution in [0.5, 0.6) is 17.2 Å². The quantitative estimate of drug-likeness (QED) is 0.684. The fraction of sp³-hybridized carbons (Fsp3) is 0.125. The Kier molecular flexibility index (Phi) is 5.96. The predicted molar refractivity (Wildman–Crippen MR) is 81.4 cm³/mol. The van der Waals surface area contributed by atoms with Crippen molar-refractivity contribution in [1.29, 1.82) is 0 Å². The number of benzene rings is 2. The molecule has 0 unspecified atom stereocenters. The lowest BCUT2D eigenvalue weighted by Crippen LogP contribution is -1.96. The Hall–Kier alpha value is -3.22. The fourth-order valence-corrected chi connectivity index (χ4v) is 1.60. The first-order chi connectivity index (χ1) is 10.8. The molecular formula is C16H16O7. The molecule has 0 aliphatic heterocycles. The van der Waals surface area contributed by atoms with E-state index in [1.54, 1.807) is 6.92 Å². The van der Waals surface area contributed by atoms with Gasteiger partial charge in [0.05, 0.1) is 18.2 Å². The number of rotatable bonds is 3. The number of phenolic OH excluding ortho intramolecular Hbond substituents is 2. The molecule has 7 heteroatoms. The lowest BCUT2D eigenvalue weighted by atomic mass is 10.1. The van der Waals surface area contributed by atoms with Gasteiger partial charge in [0.2, 0.25) is 0 Å². The minimum Gasteiger partial charge on any atom is -0.508 e. The molecule has 0 aromatic heterocycles. The van der Waals surface area contributed by atoms with Gasteiger partial charge < -0.3 is 25.2 Å². The van der Waals surface area contributed by atoms with E-state index in [0.717, 1.165) is 0 Å². The maximum atomic E-state index is 10.4. The average molecular weight is 320 g/mol. The van der Waals surface area contributed by atoms with Crippen molar-refractivity contribution < 1.29 is 34.8 Å². The number of carbonyl (C=O) groups is 2. The van der Waals surface area contributed by atoms with Crippen molar-refractivity contribution in [3.8, 4) is 17.2 Å². The Morgan fingerprint density at radius 2 is 1.35 bits per heavy atom. The number of hydrogen-bond acceptors (Lipinski definition) is 5. The first-order valence-electron chi connectivity index (χ1n) is 6.39. The highest BCUT2D eigenvalue weighted by Crippen LogP contribution is 2.26. The smallest absolute Gasteiger partial charge is 0.335 e. The van der Waals surface area contributed by atoms with E-state index in [1.807, 2.05) is 0 Å². The number of carboxylic acid groups (broad SMARTS) is 2. The molecule has 23 heavy (non-hydrogen) atoms. The Balaban J connectivity index is 0.000000231.